The van der Waals surface area contributed by atoms with Gasteiger partial charge in [-0.05, 0) is 6.42 Å². The van der Waals surface area contributed by atoms with E-state index in [0.29, 0.717) is 12.1 Å². The first-order valence-electron chi connectivity index (χ1n) is 5.23. The SMILES string of the molecule is CCc1cc(=O)n2[nH]c(C(=O)N(C)C)nc2n1. The van der Waals surface area contributed by atoms with E-state index >= 15 is 0 Å². The molecule has 0 aromatic carbocycles. The summed E-state index contributed by atoms with van der Waals surface area (Å²) in [6.45, 7) is 1.90. The zero-order valence-corrected chi connectivity index (χ0v) is 9.89. The summed E-state index contributed by atoms with van der Waals surface area (Å²) in [5.41, 5.74) is 0.391. The fourth-order valence-corrected chi connectivity index (χ4v) is 1.42. The smallest absolute Gasteiger partial charge is 0.290 e. The van der Waals surface area contributed by atoms with Gasteiger partial charge in [0.2, 0.25) is 5.82 Å². The molecule has 2 heterocycles. The molecule has 0 aliphatic rings. The van der Waals surface area contributed by atoms with Gasteiger partial charge in [-0.3, -0.25) is 14.7 Å². The van der Waals surface area contributed by atoms with Gasteiger partial charge >= 0.3 is 0 Å². The van der Waals surface area contributed by atoms with Gasteiger partial charge in [-0.2, -0.15) is 9.50 Å². The molecular formula is C10H13N5O2. The van der Waals surface area contributed by atoms with E-state index in [2.05, 4.69) is 15.1 Å². The van der Waals surface area contributed by atoms with Crippen molar-refractivity contribution < 1.29 is 4.79 Å². The van der Waals surface area contributed by atoms with Crippen LogP contribution in [0, 0.1) is 0 Å². The predicted octanol–water partition coefficient (Wildman–Crippen LogP) is -0.318. The number of aromatic nitrogens is 4. The summed E-state index contributed by atoms with van der Waals surface area (Å²) < 4.78 is 1.16. The van der Waals surface area contributed by atoms with Gasteiger partial charge in [0.15, 0.2) is 0 Å². The second-order valence-electron chi connectivity index (χ2n) is 3.85. The molecule has 0 saturated carbocycles. The molecule has 1 amide bonds. The Morgan fingerprint density at radius 2 is 2.18 bits per heavy atom. The van der Waals surface area contributed by atoms with Crippen LogP contribution < -0.4 is 5.56 Å². The van der Waals surface area contributed by atoms with Crippen LogP contribution in [-0.2, 0) is 6.42 Å². The number of hydrogen-bond donors (Lipinski definition) is 1. The minimum atomic E-state index is -0.298. The first-order valence-corrected chi connectivity index (χ1v) is 5.23. The van der Waals surface area contributed by atoms with Gasteiger partial charge in [-0.25, -0.2) is 4.98 Å². The number of nitrogens with one attached hydrogen (secondary N) is 1. The molecule has 0 bridgehead atoms. The molecule has 7 heteroatoms. The van der Waals surface area contributed by atoms with Crippen LogP contribution in [0.2, 0.25) is 0 Å². The largest absolute Gasteiger partial charge is 0.342 e. The van der Waals surface area contributed by atoms with E-state index in [9.17, 15) is 9.59 Å². The normalized spacial score (nSPS) is 10.8. The minimum absolute atomic E-state index is 0.104. The number of hydrogen-bond acceptors (Lipinski definition) is 4. The molecule has 2 aromatic heterocycles. The van der Waals surface area contributed by atoms with E-state index in [-0.39, 0.29) is 23.1 Å². The average Bonchev–Trinajstić information content (AvgIpc) is 2.71. The fourth-order valence-electron chi connectivity index (χ4n) is 1.42. The van der Waals surface area contributed by atoms with Crippen molar-refractivity contribution in [2.75, 3.05) is 14.1 Å². The van der Waals surface area contributed by atoms with E-state index in [1.54, 1.807) is 14.1 Å². The van der Waals surface area contributed by atoms with Crippen LogP contribution in [0.15, 0.2) is 10.9 Å². The van der Waals surface area contributed by atoms with E-state index in [1.165, 1.54) is 11.0 Å². The number of amides is 1. The number of rotatable bonds is 2. The summed E-state index contributed by atoms with van der Waals surface area (Å²) in [5, 5.41) is 2.64. The number of aryl methyl sites for hydroxylation is 1. The third kappa shape index (κ3) is 1.91. The molecule has 90 valence electrons. The lowest BCUT2D eigenvalue weighted by molar-refractivity contribution is 0.0816. The van der Waals surface area contributed by atoms with Crippen molar-refractivity contribution in [1.82, 2.24) is 24.5 Å². The molecule has 0 atom stereocenters. The zero-order chi connectivity index (χ0) is 12.6. The maximum absolute atomic E-state index is 11.7. The summed E-state index contributed by atoms with van der Waals surface area (Å²) in [5.74, 6) is 0.0281. The number of nitrogens with zero attached hydrogens (tertiary/aromatic N) is 4. The first kappa shape index (κ1) is 11.3. The molecule has 17 heavy (non-hydrogen) atoms. The molecular weight excluding hydrogens is 222 g/mol. The topological polar surface area (TPSA) is 83.4 Å². The molecule has 1 N–H and O–H groups in total. The summed E-state index contributed by atoms with van der Waals surface area (Å²) in [6.07, 6.45) is 0.648. The summed E-state index contributed by atoms with van der Waals surface area (Å²) in [7, 11) is 3.23. The van der Waals surface area contributed by atoms with Crippen LogP contribution in [0.1, 0.15) is 23.2 Å². The Morgan fingerprint density at radius 1 is 1.47 bits per heavy atom. The number of fused-ring (bicyclic) bond motifs is 1. The summed E-state index contributed by atoms with van der Waals surface area (Å²) in [6, 6.07) is 1.43. The molecule has 0 aliphatic heterocycles. The molecule has 0 spiro atoms. The standard InChI is InChI=1S/C10H13N5O2/c1-4-6-5-7(16)15-10(11-6)12-8(13-15)9(17)14(2)3/h5H,4H2,1-3H3,(H,11,12,13). The lowest BCUT2D eigenvalue weighted by Crippen LogP contribution is -2.23. The number of carbonyl (C=O) groups excluding carboxylic acids is 1. The van der Waals surface area contributed by atoms with Crippen LogP contribution in [0.3, 0.4) is 0 Å². The van der Waals surface area contributed by atoms with Crippen LogP contribution in [0.5, 0.6) is 0 Å². The maximum Gasteiger partial charge on any atom is 0.290 e. The van der Waals surface area contributed by atoms with Crippen molar-refractivity contribution in [3.05, 3.63) is 27.9 Å². The fraction of sp³-hybridized carbons (Fsp3) is 0.400. The highest BCUT2D eigenvalue weighted by molar-refractivity contribution is 5.90. The van der Waals surface area contributed by atoms with Crippen LogP contribution in [-0.4, -0.2) is 44.5 Å². The third-order valence-electron chi connectivity index (χ3n) is 2.35. The third-order valence-corrected chi connectivity index (χ3v) is 2.35. The van der Waals surface area contributed by atoms with Crippen LogP contribution >= 0.6 is 0 Å². The molecule has 0 aliphatic carbocycles. The van der Waals surface area contributed by atoms with Crippen LogP contribution in [0.4, 0.5) is 0 Å². The molecule has 0 unspecified atom stereocenters. The van der Waals surface area contributed by atoms with Crippen LogP contribution in [0.25, 0.3) is 5.78 Å². The Labute approximate surface area is 97.1 Å². The average molecular weight is 235 g/mol. The monoisotopic (exact) mass is 235 g/mol. The molecule has 0 saturated heterocycles. The summed E-state index contributed by atoms with van der Waals surface area (Å²) >= 11 is 0. The van der Waals surface area contributed by atoms with Gasteiger partial charge in [-0.15, -0.1) is 0 Å². The maximum atomic E-state index is 11.7. The first-order chi connectivity index (χ1) is 8.02. The Hall–Kier alpha value is -2.18. The van der Waals surface area contributed by atoms with Gasteiger partial charge in [0.1, 0.15) is 0 Å². The van der Waals surface area contributed by atoms with Crippen molar-refractivity contribution in [2.24, 2.45) is 0 Å². The highest BCUT2D eigenvalue weighted by Gasteiger charge is 2.15. The second-order valence-corrected chi connectivity index (χ2v) is 3.85. The van der Waals surface area contributed by atoms with Crippen molar-refractivity contribution in [2.45, 2.75) is 13.3 Å². The van der Waals surface area contributed by atoms with Gasteiger partial charge in [0.05, 0.1) is 0 Å². The molecule has 2 rings (SSSR count). The van der Waals surface area contributed by atoms with Gasteiger partial charge < -0.3 is 4.90 Å². The predicted molar refractivity (Wildman–Crippen MR) is 61.0 cm³/mol. The molecule has 0 radical (unpaired) electrons. The van der Waals surface area contributed by atoms with Crippen molar-refractivity contribution in [3.63, 3.8) is 0 Å². The number of carbonyl (C=O) groups is 1. The number of aromatic amines is 1. The van der Waals surface area contributed by atoms with E-state index in [4.69, 9.17) is 0 Å². The van der Waals surface area contributed by atoms with Gasteiger partial charge in [-0.1, -0.05) is 6.92 Å². The van der Waals surface area contributed by atoms with E-state index < -0.39 is 0 Å². The van der Waals surface area contributed by atoms with Crippen molar-refractivity contribution >= 4 is 11.7 Å². The molecule has 2 aromatic rings. The molecule has 7 nitrogen and oxygen atoms in total. The van der Waals surface area contributed by atoms with Gasteiger partial charge in [0, 0.05) is 25.9 Å². The molecule has 0 fully saturated rings. The Balaban J connectivity index is 2.61. The van der Waals surface area contributed by atoms with Gasteiger partial charge in [0.25, 0.3) is 17.2 Å². The number of H-pyrrole nitrogens is 1. The highest BCUT2D eigenvalue weighted by Crippen LogP contribution is 2.00. The Bertz CT molecular complexity index is 625. The van der Waals surface area contributed by atoms with Crippen molar-refractivity contribution in [1.29, 1.82) is 0 Å². The van der Waals surface area contributed by atoms with Crippen molar-refractivity contribution in [3.8, 4) is 0 Å². The minimum Gasteiger partial charge on any atom is -0.342 e. The lowest BCUT2D eigenvalue weighted by Gasteiger charge is -2.05. The Kier molecular flexibility index (Phi) is 2.66. The highest BCUT2D eigenvalue weighted by atomic mass is 16.2. The summed E-state index contributed by atoms with van der Waals surface area (Å²) in [4.78, 5) is 32.9. The Morgan fingerprint density at radius 3 is 2.76 bits per heavy atom. The lowest BCUT2D eigenvalue weighted by atomic mass is 10.3. The van der Waals surface area contributed by atoms with E-state index in [0.717, 1.165) is 4.52 Å². The quantitative estimate of drug-likeness (QED) is 0.773. The van der Waals surface area contributed by atoms with E-state index in [1.807, 2.05) is 6.92 Å². The second kappa shape index (κ2) is 4.00. The zero-order valence-electron chi connectivity index (χ0n) is 9.89.